The highest BCUT2D eigenvalue weighted by molar-refractivity contribution is 5.83. The van der Waals surface area contributed by atoms with E-state index in [2.05, 4.69) is 17.6 Å². The fraction of sp³-hybridized carbons (Fsp3) is 0.533. The average Bonchev–Trinajstić information content (AvgIpc) is 2.83. The largest absolute Gasteiger partial charge is 0.354 e. The van der Waals surface area contributed by atoms with Crippen molar-refractivity contribution in [2.45, 2.75) is 38.1 Å². The monoisotopic (exact) mass is 246 g/mol. The smallest absolute Gasteiger partial charge is 0.227 e. The van der Waals surface area contributed by atoms with Crippen LogP contribution in [0.4, 0.5) is 0 Å². The van der Waals surface area contributed by atoms with Gasteiger partial charge in [-0.05, 0) is 38.8 Å². The van der Waals surface area contributed by atoms with Gasteiger partial charge in [-0.15, -0.1) is 0 Å². The van der Waals surface area contributed by atoms with E-state index in [4.69, 9.17) is 0 Å². The Labute approximate surface area is 109 Å². The summed E-state index contributed by atoms with van der Waals surface area (Å²) < 4.78 is 0. The fourth-order valence-corrected chi connectivity index (χ4v) is 2.44. The van der Waals surface area contributed by atoms with Crippen LogP contribution >= 0.6 is 0 Å². The molecular weight excluding hydrogens is 224 g/mol. The van der Waals surface area contributed by atoms with Crippen LogP contribution in [0.1, 0.15) is 38.2 Å². The summed E-state index contributed by atoms with van der Waals surface area (Å²) in [6.45, 7) is 5.89. The molecule has 1 saturated heterocycles. The Morgan fingerprint density at radius 2 is 2.17 bits per heavy atom. The first-order chi connectivity index (χ1) is 8.61. The molecule has 1 heterocycles. The highest BCUT2D eigenvalue weighted by Crippen LogP contribution is 2.18. The number of hydrogen-bond donors (Lipinski definition) is 2. The molecule has 18 heavy (non-hydrogen) atoms. The lowest BCUT2D eigenvalue weighted by Gasteiger charge is -2.25. The van der Waals surface area contributed by atoms with Crippen molar-refractivity contribution in [1.29, 1.82) is 0 Å². The lowest BCUT2D eigenvalue weighted by Crippen LogP contribution is -2.48. The summed E-state index contributed by atoms with van der Waals surface area (Å²) in [5.41, 5.74) is 1.14. The van der Waals surface area contributed by atoms with Crippen LogP contribution in [-0.2, 0) is 4.79 Å². The molecule has 1 aromatic rings. The molecule has 2 N–H and O–H groups in total. The molecule has 0 radical (unpaired) electrons. The van der Waals surface area contributed by atoms with E-state index in [9.17, 15) is 4.79 Å². The van der Waals surface area contributed by atoms with Crippen LogP contribution in [0.25, 0.3) is 0 Å². The van der Waals surface area contributed by atoms with Crippen LogP contribution in [0.15, 0.2) is 30.3 Å². The van der Waals surface area contributed by atoms with Crippen LogP contribution in [0.3, 0.4) is 0 Å². The minimum Gasteiger partial charge on any atom is -0.354 e. The molecule has 98 valence electrons. The molecule has 0 bridgehead atoms. The average molecular weight is 246 g/mol. The Morgan fingerprint density at radius 3 is 2.78 bits per heavy atom. The van der Waals surface area contributed by atoms with E-state index in [0.29, 0.717) is 6.54 Å². The van der Waals surface area contributed by atoms with Gasteiger partial charge >= 0.3 is 0 Å². The minimum atomic E-state index is -0.0868. The standard InChI is InChI=1S/C15H22N2O/c1-12(13-7-4-3-5-8-13)14(18)16-11-15(2)9-6-10-17-15/h3-5,7-8,12,17H,6,9-11H2,1-2H3,(H,16,18). The Balaban J connectivity index is 1.88. The Hall–Kier alpha value is -1.35. The molecule has 1 fully saturated rings. The zero-order valence-electron chi connectivity index (χ0n) is 11.2. The van der Waals surface area contributed by atoms with Crippen LogP contribution in [0.5, 0.6) is 0 Å². The van der Waals surface area contributed by atoms with Gasteiger partial charge in [0.25, 0.3) is 0 Å². The van der Waals surface area contributed by atoms with Crippen LogP contribution in [-0.4, -0.2) is 24.5 Å². The third-order valence-electron chi connectivity index (χ3n) is 3.80. The minimum absolute atomic E-state index is 0.0755. The molecule has 2 rings (SSSR count). The summed E-state index contributed by atoms with van der Waals surface area (Å²) >= 11 is 0. The van der Waals surface area contributed by atoms with Gasteiger partial charge in [-0.2, -0.15) is 0 Å². The second-order valence-corrected chi connectivity index (χ2v) is 5.44. The zero-order valence-corrected chi connectivity index (χ0v) is 11.2. The maximum atomic E-state index is 12.1. The van der Waals surface area contributed by atoms with Crippen molar-refractivity contribution in [3.63, 3.8) is 0 Å². The highest BCUT2D eigenvalue weighted by Gasteiger charge is 2.28. The molecule has 0 aliphatic carbocycles. The molecule has 3 nitrogen and oxygen atoms in total. The van der Waals surface area contributed by atoms with Crippen molar-refractivity contribution in [3.05, 3.63) is 35.9 Å². The SMILES string of the molecule is CC(C(=O)NCC1(C)CCCN1)c1ccccc1. The van der Waals surface area contributed by atoms with Gasteiger partial charge in [0.05, 0.1) is 5.92 Å². The number of amides is 1. The molecule has 0 spiro atoms. The molecule has 3 heteroatoms. The second-order valence-electron chi connectivity index (χ2n) is 5.44. The van der Waals surface area contributed by atoms with Crippen LogP contribution < -0.4 is 10.6 Å². The summed E-state index contributed by atoms with van der Waals surface area (Å²) in [5, 5.41) is 6.51. The van der Waals surface area contributed by atoms with Crippen molar-refractivity contribution < 1.29 is 4.79 Å². The molecule has 1 aliphatic rings. The van der Waals surface area contributed by atoms with Crippen molar-refractivity contribution in [2.75, 3.05) is 13.1 Å². The van der Waals surface area contributed by atoms with Gasteiger partial charge in [-0.3, -0.25) is 4.79 Å². The van der Waals surface area contributed by atoms with Gasteiger partial charge in [0, 0.05) is 12.1 Å². The van der Waals surface area contributed by atoms with Crippen molar-refractivity contribution in [1.82, 2.24) is 10.6 Å². The van der Waals surface area contributed by atoms with Gasteiger partial charge in [-0.1, -0.05) is 30.3 Å². The second kappa shape index (κ2) is 5.53. The number of nitrogens with one attached hydrogen (secondary N) is 2. The highest BCUT2D eigenvalue weighted by atomic mass is 16.1. The molecule has 1 aliphatic heterocycles. The van der Waals surface area contributed by atoms with Gasteiger partial charge in [0.15, 0.2) is 0 Å². The van der Waals surface area contributed by atoms with E-state index in [0.717, 1.165) is 18.5 Å². The van der Waals surface area contributed by atoms with E-state index in [1.165, 1.54) is 6.42 Å². The topological polar surface area (TPSA) is 41.1 Å². The van der Waals surface area contributed by atoms with Gasteiger partial charge < -0.3 is 10.6 Å². The van der Waals surface area contributed by atoms with E-state index in [1.807, 2.05) is 37.3 Å². The summed E-state index contributed by atoms with van der Waals surface area (Å²) in [6, 6.07) is 9.91. The maximum absolute atomic E-state index is 12.1. The van der Waals surface area contributed by atoms with Crippen LogP contribution in [0, 0.1) is 0 Å². The summed E-state index contributed by atoms with van der Waals surface area (Å²) in [7, 11) is 0. The number of benzene rings is 1. The van der Waals surface area contributed by atoms with Gasteiger partial charge in [-0.25, -0.2) is 0 Å². The number of rotatable bonds is 4. The first kappa shape index (κ1) is 13.1. The van der Waals surface area contributed by atoms with E-state index in [-0.39, 0.29) is 17.4 Å². The quantitative estimate of drug-likeness (QED) is 0.853. The first-order valence-electron chi connectivity index (χ1n) is 6.68. The molecule has 0 aromatic heterocycles. The number of hydrogen-bond acceptors (Lipinski definition) is 2. The summed E-state index contributed by atoms with van der Waals surface area (Å²) in [6.07, 6.45) is 2.33. The molecule has 1 amide bonds. The molecule has 0 saturated carbocycles. The normalized spacial score (nSPS) is 24.8. The van der Waals surface area contributed by atoms with E-state index >= 15 is 0 Å². The summed E-state index contributed by atoms with van der Waals surface area (Å²) in [5.74, 6) is 0.0207. The predicted molar refractivity (Wildman–Crippen MR) is 73.5 cm³/mol. The third-order valence-corrected chi connectivity index (χ3v) is 3.80. The van der Waals surface area contributed by atoms with Crippen molar-refractivity contribution in [3.8, 4) is 0 Å². The first-order valence-corrected chi connectivity index (χ1v) is 6.68. The molecule has 1 aromatic carbocycles. The third kappa shape index (κ3) is 3.10. The number of carbonyl (C=O) groups excluding carboxylic acids is 1. The Kier molecular flexibility index (Phi) is 4.02. The molecular formula is C15H22N2O. The van der Waals surface area contributed by atoms with Gasteiger partial charge in [0.1, 0.15) is 0 Å². The van der Waals surface area contributed by atoms with Crippen molar-refractivity contribution >= 4 is 5.91 Å². The molecule has 2 unspecified atom stereocenters. The maximum Gasteiger partial charge on any atom is 0.227 e. The lowest BCUT2D eigenvalue weighted by atomic mass is 9.98. The predicted octanol–water partition coefficient (Wildman–Crippen LogP) is 2.05. The van der Waals surface area contributed by atoms with E-state index in [1.54, 1.807) is 0 Å². The van der Waals surface area contributed by atoms with Gasteiger partial charge in [0.2, 0.25) is 5.91 Å². The lowest BCUT2D eigenvalue weighted by molar-refractivity contribution is -0.122. The Bertz CT molecular complexity index is 396. The zero-order chi connectivity index (χ0) is 13.0. The van der Waals surface area contributed by atoms with E-state index < -0.39 is 0 Å². The fourth-order valence-electron chi connectivity index (χ4n) is 2.44. The Morgan fingerprint density at radius 1 is 1.44 bits per heavy atom. The van der Waals surface area contributed by atoms with Crippen molar-refractivity contribution in [2.24, 2.45) is 0 Å². The molecule has 2 atom stereocenters. The van der Waals surface area contributed by atoms with Crippen LogP contribution in [0.2, 0.25) is 0 Å². The number of carbonyl (C=O) groups is 1. The summed E-state index contributed by atoms with van der Waals surface area (Å²) in [4.78, 5) is 12.1.